The van der Waals surface area contributed by atoms with Crippen molar-refractivity contribution >= 4 is 33.3 Å². The van der Waals surface area contributed by atoms with Crippen molar-refractivity contribution in [3.8, 4) is 0 Å². The average molecular weight is 386 g/mol. The minimum atomic E-state index is -4.19. The lowest BCUT2D eigenvalue weighted by Gasteiger charge is -2.25. The Morgan fingerprint density at radius 3 is 3.00 bits per heavy atom. The maximum Gasteiger partial charge on any atom is 0.401 e. The van der Waals surface area contributed by atoms with Crippen LogP contribution in [0.4, 0.5) is 23.7 Å². The highest BCUT2D eigenvalue weighted by molar-refractivity contribution is 7.13. The van der Waals surface area contributed by atoms with Crippen molar-refractivity contribution in [2.45, 2.75) is 19.5 Å². The Morgan fingerprint density at radius 1 is 1.46 bits per heavy atom. The van der Waals surface area contributed by atoms with Gasteiger partial charge in [0.1, 0.15) is 0 Å². The lowest BCUT2D eigenvalue weighted by molar-refractivity contribution is -0.146. The van der Waals surface area contributed by atoms with E-state index in [0.717, 1.165) is 16.5 Å². The largest absolute Gasteiger partial charge is 0.401 e. The van der Waals surface area contributed by atoms with Gasteiger partial charge in [-0.1, -0.05) is 6.92 Å². The highest BCUT2D eigenvalue weighted by Crippen LogP contribution is 2.24. The molecule has 1 aliphatic heterocycles. The SMILES string of the molecule is CCN(CC1CCN(C(=O)Nc2ccc3sncc3c2)C1)CC(F)(F)F. The molecular formula is C17H21F3N4OS. The van der Waals surface area contributed by atoms with Crippen LogP contribution in [-0.2, 0) is 0 Å². The Labute approximate surface area is 153 Å². The molecule has 1 saturated heterocycles. The molecule has 1 unspecified atom stereocenters. The smallest absolute Gasteiger partial charge is 0.324 e. The van der Waals surface area contributed by atoms with E-state index in [9.17, 15) is 18.0 Å². The Kier molecular flexibility index (Phi) is 5.67. The lowest BCUT2D eigenvalue weighted by Crippen LogP contribution is -2.39. The fourth-order valence-corrected chi connectivity index (χ4v) is 3.87. The quantitative estimate of drug-likeness (QED) is 0.844. The number of nitrogens with zero attached hydrogens (tertiary/aromatic N) is 3. The van der Waals surface area contributed by atoms with E-state index in [1.54, 1.807) is 18.0 Å². The number of urea groups is 1. The third kappa shape index (κ3) is 4.85. The Bertz CT molecular complexity index is 764. The number of alkyl halides is 3. The second kappa shape index (κ2) is 7.79. The molecular weight excluding hydrogens is 365 g/mol. The van der Waals surface area contributed by atoms with Gasteiger partial charge in [0.15, 0.2) is 0 Å². The van der Waals surface area contributed by atoms with Gasteiger partial charge in [0.2, 0.25) is 0 Å². The van der Waals surface area contributed by atoms with Crippen LogP contribution in [0.2, 0.25) is 0 Å². The molecule has 1 aliphatic rings. The maximum atomic E-state index is 12.6. The van der Waals surface area contributed by atoms with E-state index < -0.39 is 12.7 Å². The van der Waals surface area contributed by atoms with Crippen LogP contribution in [0.15, 0.2) is 24.4 Å². The maximum absolute atomic E-state index is 12.6. The number of likely N-dealkylation sites (tertiary alicyclic amines) is 1. The van der Waals surface area contributed by atoms with Crippen LogP contribution in [0.5, 0.6) is 0 Å². The van der Waals surface area contributed by atoms with Gasteiger partial charge in [-0.15, -0.1) is 0 Å². The zero-order valence-electron chi connectivity index (χ0n) is 14.4. The Hall–Kier alpha value is -1.87. The van der Waals surface area contributed by atoms with Gasteiger partial charge in [-0.25, -0.2) is 4.79 Å². The first-order valence-electron chi connectivity index (χ1n) is 8.53. The van der Waals surface area contributed by atoms with E-state index in [2.05, 4.69) is 9.69 Å². The first-order chi connectivity index (χ1) is 12.3. The number of carbonyl (C=O) groups excluding carboxylic acids is 1. The average Bonchev–Trinajstić information content (AvgIpc) is 3.21. The third-order valence-corrected chi connectivity index (χ3v) is 5.32. The summed E-state index contributed by atoms with van der Waals surface area (Å²) in [5.74, 6) is 0.0617. The Morgan fingerprint density at radius 2 is 2.27 bits per heavy atom. The number of anilines is 1. The summed E-state index contributed by atoms with van der Waals surface area (Å²) in [5.41, 5.74) is 0.693. The number of amides is 2. The molecule has 142 valence electrons. The minimum absolute atomic E-state index is 0.0617. The minimum Gasteiger partial charge on any atom is -0.324 e. The molecule has 1 aromatic carbocycles. The van der Waals surface area contributed by atoms with Gasteiger partial charge in [-0.3, -0.25) is 4.90 Å². The molecule has 0 spiro atoms. The molecule has 26 heavy (non-hydrogen) atoms. The van der Waals surface area contributed by atoms with Crippen LogP contribution in [0.3, 0.4) is 0 Å². The third-order valence-electron chi connectivity index (χ3n) is 4.54. The molecule has 1 fully saturated rings. The highest BCUT2D eigenvalue weighted by atomic mass is 32.1. The van der Waals surface area contributed by atoms with Gasteiger partial charge in [-0.2, -0.15) is 17.5 Å². The summed E-state index contributed by atoms with van der Waals surface area (Å²) in [6, 6.07) is 5.39. The predicted octanol–water partition coefficient (Wildman–Crippen LogP) is 4.03. The predicted molar refractivity (Wildman–Crippen MR) is 96.5 cm³/mol. The molecule has 2 heterocycles. The number of aromatic nitrogens is 1. The number of nitrogens with one attached hydrogen (secondary N) is 1. The summed E-state index contributed by atoms with van der Waals surface area (Å²) < 4.78 is 42.9. The van der Waals surface area contributed by atoms with Crippen molar-refractivity contribution in [1.29, 1.82) is 0 Å². The van der Waals surface area contributed by atoms with Crippen LogP contribution >= 0.6 is 11.5 Å². The van der Waals surface area contributed by atoms with E-state index in [0.29, 0.717) is 31.9 Å². The topological polar surface area (TPSA) is 48.5 Å². The van der Waals surface area contributed by atoms with Gasteiger partial charge in [0.05, 0.1) is 11.2 Å². The van der Waals surface area contributed by atoms with E-state index in [1.165, 1.54) is 16.4 Å². The molecule has 5 nitrogen and oxygen atoms in total. The summed E-state index contributed by atoms with van der Waals surface area (Å²) in [5, 5.41) is 3.83. The first-order valence-corrected chi connectivity index (χ1v) is 9.31. The van der Waals surface area contributed by atoms with Gasteiger partial charge in [0.25, 0.3) is 0 Å². The van der Waals surface area contributed by atoms with Gasteiger partial charge in [-0.05, 0) is 48.6 Å². The van der Waals surface area contributed by atoms with Crippen LogP contribution in [0, 0.1) is 5.92 Å². The molecule has 0 saturated carbocycles. The normalized spacial score (nSPS) is 18.0. The molecule has 3 rings (SSSR count). The zero-order valence-corrected chi connectivity index (χ0v) is 15.2. The standard InChI is InChI=1S/C17H21F3N4OS/c1-2-23(11-17(18,19)20)9-12-5-6-24(10-12)16(25)22-14-3-4-15-13(7-14)8-21-26-15/h3-4,7-8,12H,2,5-6,9-11H2,1H3,(H,22,25). The number of hydrogen-bond donors (Lipinski definition) is 1. The van der Waals surface area contributed by atoms with Gasteiger partial charge >= 0.3 is 12.2 Å². The van der Waals surface area contributed by atoms with Gasteiger partial charge < -0.3 is 10.2 Å². The van der Waals surface area contributed by atoms with Crippen LogP contribution in [-0.4, -0.2) is 59.1 Å². The zero-order chi connectivity index (χ0) is 18.7. The molecule has 2 amide bonds. The second-order valence-electron chi connectivity index (χ2n) is 6.55. The molecule has 1 N–H and O–H groups in total. The molecule has 2 aromatic rings. The monoisotopic (exact) mass is 386 g/mol. The Balaban J connectivity index is 1.53. The van der Waals surface area contributed by atoms with Crippen molar-refractivity contribution in [3.05, 3.63) is 24.4 Å². The molecule has 0 radical (unpaired) electrons. The second-order valence-corrected chi connectivity index (χ2v) is 7.39. The van der Waals surface area contributed by atoms with Crippen molar-refractivity contribution in [2.75, 3.05) is 38.0 Å². The van der Waals surface area contributed by atoms with Crippen LogP contribution < -0.4 is 5.32 Å². The molecule has 0 aliphatic carbocycles. The van der Waals surface area contributed by atoms with E-state index in [-0.39, 0.29) is 11.9 Å². The number of fused-ring (bicyclic) bond motifs is 1. The van der Waals surface area contributed by atoms with Crippen molar-refractivity contribution in [3.63, 3.8) is 0 Å². The van der Waals surface area contributed by atoms with Crippen molar-refractivity contribution in [1.82, 2.24) is 14.2 Å². The van der Waals surface area contributed by atoms with Crippen LogP contribution in [0.25, 0.3) is 10.1 Å². The summed E-state index contributed by atoms with van der Waals surface area (Å²) in [7, 11) is 0. The molecule has 0 bridgehead atoms. The number of carbonyl (C=O) groups is 1. The van der Waals surface area contributed by atoms with Crippen molar-refractivity contribution in [2.24, 2.45) is 5.92 Å². The molecule has 9 heteroatoms. The summed E-state index contributed by atoms with van der Waals surface area (Å²) in [6.45, 7) is 2.55. The summed E-state index contributed by atoms with van der Waals surface area (Å²) >= 11 is 1.39. The fraction of sp³-hybridized carbons (Fsp3) is 0.529. The van der Waals surface area contributed by atoms with E-state index in [1.807, 2.05) is 18.2 Å². The summed E-state index contributed by atoms with van der Waals surface area (Å²) in [6.07, 6.45) is -1.72. The van der Waals surface area contributed by atoms with Gasteiger partial charge in [0, 0.05) is 36.9 Å². The summed E-state index contributed by atoms with van der Waals surface area (Å²) in [4.78, 5) is 15.5. The molecule has 1 atom stereocenters. The van der Waals surface area contributed by atoms with Crippen molar-refractivity contribution < 1.29 is 18.0 Å². The first kappa shape index (κ1) is 18.9. The van der Waals surface area contributed by atoms with E-state index >= 15 is 0 Å². The number of benzene rings is 1. The number of halogens is 3. The van der Waals surface area contributed by atoms with Crippen LogP contribution in [0.1, 0.15) is 13.3 Å². The van der Waals surface area contributed by atoms with E-state index in [4.69, 9.17) is 0 Å². The number of hydrogen-bond acceptors (Lipinski definition) is 4. The molecule has 1 aromatic heterocycles. The fourth-order valence-electron chi connectivity index (χ4n) is 3.24. The number of rotatable bonds is 5. The highest BCUT2D eigenvalue weighted by Gasteiger charge is 2.33. The lowest BCUT2D eigenvalue weighted by atomic mass is 10.1.